The number of esters is 1. The number of ether oxygens (including phenoxy) is 1. The summed E-state index contributed by atoms with van der Waals surface area (Å²) in [6, 6.07) is 13.1. The molecule has 0 aliphatic carbocycles. The summed E-state index contributed by atoms with van der Waals surface area (Å²) in [6.07, 6.45) is 0. The van der Waals surface area contributed by atoms with Crippen molar-refractivity contribution in [1.29, 1.82) is 0 Å². The Hall–Kier alpha value is -2.60. The summed E-state index contributed by atoms with van der Waals surface area (Å²) in [7, 11) is 1.34. The molecule has 0 atom stereocenters. The van der Waals surface area contributed by atoms with Gasteiger partial charge in [-0.2, -0.15) is 0 Å². The maximum Gasteiger partial charge on any atom is 0.337 e. The van der Waals surface area contributed by atoms with Gasteiger partial charge in [-0.15, -0.1) is 10.2 Å². The van der Waals surface area contributed by atoms with E-state index in [4.69, 9.17) is 0 Å². The molecule has 4 nitrogen and oxygen atoms in total. The highest BCUT2D eigenvalue weighted by Crippen LogP contribution is 2.30. The number of hydrogen-bond acceptors (Lipinski definition) is 5. The molecule has 0 radical (unpaired) electrons. The number of rotatable bonds is 3. The van der Waals surface area contributed by atoms with Crippen LogP contribution >= 0.6 is 11.3 Å². The first-order chi connectivity index (χ1) is 10.7. The Labute approximate surface area is 130 Å². The van der Waals surface area contributed by atoms with Crippen LogP contribution in [0.1, 0.15) is 10.4 Å². The van der Waals surface area contributed by atoms with Crippen LogP contribution in [0.15, 0.2) is 48.5 Å². The second kappa shape index (κ2) is 6.03. The fraction of sp³-hybridized carbons (Fsp3) is 0.0625. The van der Waals surface area contributed by atoms with Crippen molar-refractivity contribution in [3.8, 4) is 21.1 Å². The van der Waals surface area contributed by atoms with Crippen molar-refractivity contribution >= 4 is 17.3 Å². The van der Waals surface area contributed by atoms with Crippen molar-refractivity contribution in [1.82, 2.24) is 10.2 Å². The average Bonchev–Trinajstić information content (AvgIpc) is 3.04. The molecular weight excluding hydrogens is 303 g/mol. The first-order valence-electron chi connectivity index (χ1n) is 6.45. The van der Waals surface area contributed by atoms with E-state index in [1.54, 1.807) is 36.4 Å². The van der Waals surface area contributed by atoms with E-state index in [2.05, 4.69) is 14.9 Å². The predicted octanol–water partition coefficient (Wildman–Crippen LogP) is 3.80. The van der Waals surface area contributed by atoms with Gasteiger partial charge in [0.1, 0.15) is 15.8 Å². The van der Waals surface area contributed by atoms with Gasteiger partial charge in [-0.3, -0.25) is 0 Å². The molecule has 3 aromatic rings. The zero-order chi connectivity index (χ0) is 15.5. The van der Waals surface area contributed by atoms with Crippen molar-refractivity contribution in [2.45, 2.75) is 0 Å². The van der Waals surface area contributed by atoms with E-state index in [9.17, 15) is 9.18 Å². The average molecular weight is 314 g/mol. The van der Waals surface area contributed by atoms with Crippen molar-refractivity contribution in [2.24, 2.45) is 0 Å². The summed E-state index contributed by atoms with van der Waals surface area (Å²) in [4.78, 5) is 11.4. The molecule has 0 spiro atoms. The Kier molecular flexibility index (Phi) is 3.93. The molecule has 0 N–H and O–H groups in total. The van der Waals surface area contributed by atoms with Gasteiger partial charge in [0.15, 0.2) is 0 Å². The molecule has 0 fully saturated rings. The molecule has 3 rings (SSSR count). The molecule has 0 aliphatic heterocycles. The van der Waals surface area contributed by atoms with Crippen molar-refractivity contribution in [3.05, 3.63) is 59.9 Å². The number of hydrogen-bond donors (Lipinski definition) is 0. The number of methoxy groups -OCH3 is 1. The second-order valence-corrected chi connectivity index (χ2v) is 5.47. The van der Waals surface area contributed by atoms with Crippen LogP contribution in [0.4, 0.5) is 4.39 Å². The second-order valence-electron chi connectivity index (χ2n) is 4.49. The lowest BCUT2D eigenvalue weighted by atomic mass is 10.1. The zero-order valence-corrected chi connectivity index (χ0v) is 12.4. The molecule has 1 aromatic heterocycles. The van der Waals surface area contributed by atoms with Gasteiger partial charge in [-0.1, -0.05) is 35.6 Å². The third kappa shape index (κ3) is 2.87. The molecule has 0 bridgehead atoms. The monoisotopic (exact) mass is 314 g/mol. The molecule has 0 amide bonds. The number of halogens is 1. The standard InChI is InChI=1S/C16H11FN2O2S/c1-21-16(20)11-7-5-10(6-8-11)14-18-19-15(22-14)12-3-2-4-13(17)9-12/h2-9H,1H3. The number of carbonyl (C=O) groups is 1. The largest absolute Gasteiger partial charge is 0.465 e. The third-order valence-corrected chi connectivity index (χ3v) is 4.07. The van der Waals surface area contributed by atoms with Gasteiger partial charge >= 0.3 is 5.97 Å². The molecule has 0 saturated carbocycles. The molecule has 1 heterocycles. The fourth-order valence-corrected chi connectivity index (χ4v) is 2.79. The van der Waals surface area contributed by atoms with Crippen LogP contribution in [-0.4, -0.2) is 23.3 Å². The summed E-state index contributed by atoms with van der Waals surface area (Å²) < 4.78 is 17.9. The molecule has 2 aromatic carbocycles. The minimum absolute atomic E-state index is 0.309. The summed E-state index contributed by atoms with van der Waals surface area (Å²) in [5.74, 6) is -0.694. The third-order valence-electron chi connectivity index (χ3n) is 3.05. The molecule has 0 saturated heterocycles. The van der Waals surface area contributed by atoms with Gasteiger partial charge in [0.2, 0.25) is 0 Å². The number of carbonyl (C=O) groups excluding carboxylic acids is 1. The Morgan fingerprint density at radius 1 is 1.05 bits per heavy atom. The highest BCUT2D eigenvalue weighted by atomic mass is 32.1. The summed E-state index contributed by atoms with van der Waals surface area (Å²) >= 11 is 1.36. The van der Waals surface area contributed by atoms with Crippen molar-refractivity contribution in [3.63, 3.8) is 0 Å². The topological polar surface area (TPSA) is 52.1 Å². The maximum absolute atomic E-state index is 13.2. The molecule has 110 valence electrons. The first-order valence-corrected chi connectivity index (χ1v) is 7.27. The number of benzene rings is 2. The van der Waals surface area contributed by atoms with Crippen molar-refractivity contribution < 1.29 is 13.9 Å². The van der Waals surface area contributed by atoms with Crippen LogP contribution < -0.4 is 0 Å². The van der Waals surface area contributed by atoms with Crippen LogP contribution in [0, 0.1) is 5.82 Å². The summed E-state index contributed by atoms with van der Waals surface area (Å²) in [5, 5.41) is 9.55. The lowest BCUT2D eigenvalue weighted by Crippen LogP contribution is -2.00. The van der Waals surface area contributed by atoms with E-state index in [1.165, 1.54) is 30.6 Å². The van der Waals surface area contributed by atoms with Gasteiger partial charge in [0.25, 0.3) is 0 Å². The van der Waals surface area contributed by atoms with Gasteiger partial charge in [0, 0.05) is 11.1 Å². The van der Waals surface area contributed by atoms with E-state index in [1.807, 2.05) is 0 Å². The van der Waals surface area contributed by atoms with E-state index < -0.39 is 0 Å². The number of nitrogens with zero attached hydrogens (tertiary/aromatic N) is 2. The van der Waals surface area contributed by atoms with Crippen LogP contribution in [0.5, 0.6) is 0 Å². The van der Waals surface area contributed by atoms with Gasteiger partial charge in [-0.25, -0.2) is 9.18 Å². The predicted molar refractivity (Wildman–Crippen MR) is 82.1 cm³/mol. The highest BCUT2D eigenvalue weighted by Gasteiger charge is 2.10. The zero-order valence-electron chi connectivity index (χ0n) is 11.6. The van der Waals surface area contributed by atoms with Gasteiger partial charge in [-0.05, 0) is 24.3 Å². The van der Waals surface area contributed by atoms with Gasteiger partial charge in [0.05, 0.1) is 12.7 Å². The quantitative estimate of drug-likeness (QED) is 0.690. The fourth-order valence-electron chi connectivity index (χ4n) is 1.94. The van der Waals surface area contributed by atoms with Crippen molar-refractivity contribution in [2.75, 3.05) is 7.11 Å². The van der Waals surface area contributed by atoms with E-state index in [0.717, 1.165) is 5.56 Å². The van der Waals surface area contributed by atoms with Gasteiger partial charge < -0.3 is 4.74 Å². The minimum Gasteiger partial charge on any atom is -0.465 e. The maximum atomic E-state index is 13.2. The van der Waals surface area contributed by atoms with Crippen LogP contribution in [0.25, 0.3) is 21.1 Å². The first kappa shape index (κ1) is 14.3. The van der Waals surface area contributed by atoms with Crippen LogP contribution in [0.3, 0.4) is 0 Å². The lowest BCUT2D eigenvalue weighted by Gasteiger charge is -1.99. The Balaban J connectivity index is 1.89. The molecule has 0 aliphatic rings. The smallest absolute Gasteiger partial charge is 0.337 e. The van der Waals surface area contributed by atoms with E-state index in [-0.39, 0.29) is 11.8 Å². The van der Waals surface area contributed by atoms with E-state index in [0.29, 0.717) is 21.1 Å². The Morgan fingerprint density at radius 2 is 1.73 bits per heavy atom. The Morgan fingerprint density at radius 3 is 2.36 bits per heavy atom. The molecule has 0 unspecified atom stereocenters. The minimum atomic E-state index is -0.385. The SMILES string of the molecule is COC(=O)c1ccc(-c2nnc(-c3cccc(F)c3)s2)cc1. The Bertz CT molecular complexity index is 815. The molecular formula is C16H11FN2O2S. The van der Waals surface area contributed by atoms with Crippen LogP contribution in [-0.2, 0) is 4.74 Å². The highest BCUT2D eigenvalue weighted by molar-refractivity contribution is 7.17. The van der Waals surface area contributed by atoms with E-state index >= 15 is 0 Å². The molecule has 6 heteroatoms. The lowest BCUT2D eigenvalue weighted by molar-refractivity contribution is 0.0601. The summed E-state index contributed by atoms with van der Waals surface area (Å²) in [5.41, 5.74) is 2.00. The normalized spacial score (nSPS) is 10.5. The molecule has 22 heavy (non-hydrogen) atoms. The number of aromatic nitrogens is 2. The summed E-state index contributed by atoms with van der Waals surface area (Å²) in [6.45, 7) is 0. The van der Waals surface area contributed by atoms with Crippen LogP contribution in [0.2, 0.25) is 0 Å².